The number of rotatable bonds is 2. The van der Waals surface area contributed by atoms with Crippen LogP contribution in [-0.2, 0) is 0 Å². The molecule has 0 spiro atoms. The maximum Gasteiger partial charge on any atom is 0.489 e. The van der Waals surface area contributed by atoms with Crippen molar-refractivity contribution in [3.05, 3.63) is 54.6 Å². The van der Waals surface area contributed by atoms with E-state index in [9.17, 15) is 10.0 Å². The molecule has 0 aliphatic heterocycles. The molecular weight excluding hydrogens is 211 g/mol. The van der Waals surface area contributed by atoms with Crippen LogP contribution in [0, 0.1) is 0 Å². The minimum absolute atomic E-state index is 0.531. The lowest BCUT2D eigenvalue weighted by molar-refractivity contribution is 0.426. The smallest absolute Gasteiger partial charge is 0.423 e. The Labute approximate surface area is 103 Å². The Morgan fingerprint density at radius 2 is 1.29 bits per heavy atom. The van der Waals surface area contributed by atoms with E-state index in [1.807, 2.05) is 56.3 Å². The highest BCUT2D eigenvalue weighted by Gasteiger charge is 2.15. The number of benzene rings is 2. The van der Waals surface area contributed by atoms with Gasteiger partial charge in [-0.2, -0.15) is 0 Å². The van der Waals surface area contributed by atoms with E-state index in [1.54, 1.807) is 12.1 Å². The van der Waals surface area contributed by atoms with Gasteiger partial charge in [0.2, 0.25) is 0 Å². The van der Waals surface area contributed by atoms with Gasteiger partial charge in [0.05, 0.1) is 0 Å². The lowest BCUT2D eigenvalue weighted by atomic mass is 9.75. The highest BCUT2D eigenvalue weighted by molar-refractivity contribution is 6.60. The SMILES string of the molecule is CC.OB(O)c1ccccc1-c1ccccc1. The Hall–Kier alpha value is -1.58. The van der Waals surface area contributed by atoms with Crippen molar-refractivity contribution in [3.63, 3.8) is 0 Å². The van der Waals surface area contributed by atoms with Crippen LogP contribution in [0.1, 0.15) is 13.8 Å². The molecule has 0 saturated carbocycles. The summed E-state index contributed by atoms with van der Waals surface area (Å²) in [6.07, 6.45) is 0. The average Bonchev–Trinajstić information content (AvgIpc) is 2.42. The van der Waals surface area contributed by atoms with Gasteiger partial charge in [-0.05, 0) is 16.6 Å². The topological polar surface area (TPSA) is 40.5 Å². The Kier molecular flexibility index (Phi) is 5.47. The second-order valence-electron chi connectivity index (χ2n) is 3.33. The molecule has 2 aromatic rings. The molecule has 0 aliphatic carbocycles. The zero-order valence-electron chi connectivity index (χ0n) is 10.2. The third-order valence-corrected chi connectivity index (χ3v) is 2.32. The summed E-state index contributed by atoms with van der Waals surface area (Å²) < 4.78 is 0. The summed E-state index contributed by atoms with van der Waals surface area (Å²) in [6, 6.07) is 16.9. The van der Waals surface area contributed by atoms with Gasteiger partial charge in [-0.25, -0.2) is 0 Å². The van der Waals surface area contributed by atoms with Crippen molar-refractivity contribution >= 4 is 12.6 Å². The summed E-state index contributed by atoms with van der Waals surface area (Å²) in [6.45, 7) is 4.00. The van der Waals surface area contributed by atoms with Gasteiger partial charge in [0.1, 0.15) is 0 Å². The minimum Gasteiger partial charge on any atom is -0.423 e. The molecule has 0 radical (unpaired) electrons. The van der Waals surface area contributed by atoms with Crippen LogP contribution < -0.4 is 5.46 Å². The fourth-order valence-corrected chi connectivity index (χ4v) is 1.60. The van der Waals surface area contributed by atoms with Crippen molar-refractivity contribution in [2.75, 3.05) is 0 Å². The maximum atomic E-state index is 9.22. The van der Waals surface area contributed by atoms with Crippen LogP contribution in [0.4, 0.5) is 0 Å². The predicted octanol–water partition coefficient (Wildman–Crippen LogP) is 2.06. The maximum absolute atomic E-state index is 9.22. The molecule has 0 fully saturated rings. The van der Waals surface area contributed by atoms with Gasteiger partial charge in [0.25, 0.3) is 0 Å². The van der Waals surface area contributed by atoms with Gasteiger partial charge >= 0.3 is 7.12 Å². The molecule has 0 aliphatic rings. The van der Waals surface area contributed by atoms with E-state index in [0.717, 1.165) is 11.1 Å². The van der Waals surface area contributed by atoms with Crippen LogP contribution in [0.25, 0.3) is 11.1 Å². The van der Waals surface area contributed by atoms with E-state index in [1.165, 1.54) is 0 Å². The molecule has 0 unspecified atom stereocenters. The molecule has 0 saturated heterocycles. The first-order valence-electron chi connectivity index (χ1n) is 5.79. The highest BCUT2D eigenvalue weighted by Crippen LogP contribution is 2.16. The first-order valence-corrected chi connectivity index (χ1v) is 5.79. The average molecular weight is 228 g/mol. The molecule has 17 heavy (non-hydrogen) atoms. The number of hydrogen-bond donors (Lipinski definition) is 2. The van der Waals surface area contributed by atoms with Crippen molar-refractivity contribution in [1.82, 2.24) is 0 Å². The molecule has 0 aromatic heterocycles. The molecule has 2 nitrogen and oxygen atoms in total. The largest absolute Gasteiger partial charge is 0.489 e. The van der Waals surface area contributed by atoms with Gasteiger partial charge in [0, 0.05) is 0 Å². The standard InChI is InChI=1S/C12H11BO2.C2H6/c14-13(15)12-9-5-4-8-11(12)10-6-2-1-3-7-10;1-2/h1-9,14-15H;1-2H3. The quantitative estimate of drug-likeness (QED) is 0.772. The zero-order chi connectivity index (χ0) is 12.7. The predicted molar refractivity (Wildman–Crippen MR) is 73.1 cm³/mol. The summed E-state index contributed by atoms with van der Waals surface area (Å²) in [4.78, 5) is 0. The first kappa shape index (κ1) is 13.5. The Balaban J connectivity index is 0.000000686. The Bertz CT molecular complexity index is 441. The van der Waals surface area contributed by atoms with Gasteiger partial charge in [-0.15, -0.1) is 0 Å². The monoisotopic (exact) mass is 228 g/mol. The Morgan fingerprint density at radius 3 is 1.88 bits per heavy atom. The molecular formula is C14H17BO2. The van der Waals surface area contributed by atoms with E-state index in [4.69, 9.17) is 0 Å². The van der Waals surface area contributed by atoms with Crippen LogP contribution in [0.15, 0.2) is 54.6 Å². The van der Waals surface area contributed by atoms with Crippen LogP contribution >= 0.6 is 0 Å². The van der Waals surface area contributed by atoms with Crippen molar-refractivity contribution in [2.24, 2.45) is 0 Å². The Morgan fingerprint density at radius 1 is 0.765 bits per heavy atom. The third kappa shape index (κ3) is 3.44. The third-order valence-electron chi connectivity index (χ3n) is 2.32. The van der Waals surface area contributed by atoms with Crippen molar-refractivity contribution in [3.8, 4) is 11.1 Å². The molecule has 3 heteroatoms. The first-order chi connectivity index (χ1) is 8.29. The highest BCUT2D eigenvalue weighted by atomic mass is 16.4. The van der Waals surface area contributed by atoms with Crippen LogP contribution in [-0.4, -0.2) is 17.2 Å². The van der Waals surface area contributed by atoms with E-state index in [0.29, 0.717) is 5.46 Å². The van der Waals surface area contributed by atoms with Crippen LogP contribution in [0.5, 0.6) is 0 Å². The molecule has 2 rings (SSSR count). The summed E-state index contributed by atoms with van der Waals surface area (Å²) in [7, 11) is -1.43. The molecule has 2 aromatic carbocycles. The molecule has 2 N–H and O–H groups in total. The van der Waals surface area contributed by atoms with E-state index < -0.39 is 7.12 Å². The van der Waals surface area contributed by atoms with Crippen molar-refractivity contribution in [1.29, 1.82) is 0 Å². The summed E-state index contributed by atoms with van der Waals surface area (Å²) in [5.74, 6) is 0. The fraction of sp³-hybridized carbons (Fsp3) is 0.143. The summed E-state index contributed by atoms with van der Waals surface area (Å²) >= 11 is 0. The molecule has 0 amide bonds. The van der Waals surface area contributed by atoms with Gasteiger partial charge in [-0.1, -0.05) is 68.4 Å². The van der Waals surface area contributed by atoms with E-state index in [2.05, 4.69) is 0 Å². The zero-order valence-corrected chi connectivity index (χ0v) is 10.2. The second-order valence-corrected chi connectivity index (χ2v) is 3.33. The minimum atomic E-state index is -1.43. The van der Waals surface area contributed by atoms with Gasteiger partial charge in [-0.3, -0.25) is 0 Å². The number of hydrogen-bond acceptors (Lipinski definition) is 2. The normalized spacial score (nSPS) is 9.18. The lowest BCUT2D eigenvalue weighted by Crippen LogP contribution is -2.31. The van der Waals surface area contributed by atoms with Gasteiger partial charge in [0.15, 0.2) is 0 Å². The second kappa shape index (κ2) is 6.89. The van der Waals surface area contributed by atoms with E-state index in [-0.39, 0.29) is 0 Å². The summed E-state index contributed by atoms with van der Waals surface area (Å²) in [5, 5.41) is 18.4. The fourth-order valence-electron chi connectivity index (χ4n) is 1.60. The van der Waals surface area contributed by atoms with Crippen molar-refractivity contribution in [2.45, 2.75) is 13.8 Å². The van der Waals surface area contributed by atoms with Crippen molar-refractivity contribution < 1.29 is 10.0 Å². The summed E-state index contributed by atoms with van der Waals surface area (Å²) in [5.41, 5.74) is 2.37. The lowest BCUT2D eigenvalue weighted by Gasteiger charge is -2.08. The molecule has 0 heterocycles. The molecule has 88 valence electrons. The van der Waals surface area contributed by atoms with E-state index >= 15 is 0 Å². The van der Waals surface area contributed by atoms with Gasteiger partial charge < -0.3 is 10.0 Å². The van der Waals surface area contributed by atoms with Crippen LogP contribution in [0.3, 0.4) is 0 Å². The molecule has 0 bridgehead atoms. The molecule has 0 atom stereocenters. The van der Waals surface area contributed by atoms with Crippen LogP contribution in [0.2, 0.25) is 0 Å².